The molecule has 0 aromatic heterocycles. The van der Waals surface area contributed by atoms with Crippen LogP contribution in [-0.2, 0) is 4.79 Å². The molecule has 1 amide bonds. The Morgan fingerprint density at radius 3 is 2.62 bits per heavy atom. The Hall–Kier alpha value is -1.17. The van der Waals surface area contributed by atoms with Gasteiger partial charge >= 0.3 is 0 Å². The van der Waals surface area contributed by atoms with Crippen LogP contribution in [0.1, 0.15) is 18.5 Å². The average molecular weight is 412 g/mol. The number of rotatable bonds is 5. The molecule has 2 N–H and O–H groups in total. The molecule has 1 atom stereocenters. The van der Waals surface area contributed by atoms with E-state index in [1.807, 2.05) is 55.5 Å². The number of anilines is 1. The van der Waals surface area contributed by atoms with Crippen molar-refractivity contribution in [2.45, 2.75) is 13.0 Å². The van der Waals surface area contributed by atoms with Gasteiger partial charge in [-0.1, -0.05) is 56.1 Å². The summed E-state index contributed by atoms with van der Waals surface area (Å²) in [6.45, 7) is 2.29. The van der Waals surface area contributed by atoms with E-state index in [9.17, 15) is 4.79 Å². The molecule has 2 aromatic carbocycles. The maximum atomic E-state index is 11.9. The molecule has 0 bridgehead atoms. The summed E-state index contributed by atoms with van der Waals surface area (Å²) in [6.07, 6.45) is 0. The summed E-state index contributed by atoms with van der Waals surface area (Å²) in [6, 6.07) is 15.6. The Bertz CT molecular complexity index is 631. The summed E-state index contributed by atoms with van der Waals surface area (Å²) in [5, 5.41) is 6.08. The van der Waals surface area contributed by atoms with E-state index >= 15 is 0 Å². The van der Waals surface area contributed by atoms with E-state index in [0.29, 0.717) is 0 Å². The van der Waals surface area contributed by atoms with Crippen LogP contribution in [0.5, 0.6) is 0 Å². The third-order valence-corrected chi connectivity index (χ3v) is 4.26. The zero-order chi connectivity index (χ0) is 15.2. The summed E-state index contributed by atoms with van der Waals surface area (Å²) in [5.41, 5.74) is 1.91. The van der Waals surface area contributed by atoms with Crippen LogP contribution in [0, 0.1) is 0 Å². The van der Waals surface area contributed by atoms with Gasteiger partial charge < -0.3 is 10.6 Å². The molecule has 2 rings (SSSR count). The fourth-order valence-corrected chi connectivity index (χ4v) is 2.98. The van der Waals surface area contributed by atoms with Gasteiger partial charge in [-0.2, -0.15) is 0 Å². The molecule has 21 heavy (non-hydrogen) atoms. The fourth-order valence-electron chi connectivity index (χ4n) is 1.95. The van der Waals surface area contributed by atoms with E-state index in [2.05, 4.69) is 42.5 Å². The highest BCUT2D eigenvalue weighted by molar-refractivity contribution is 9.10. The first-order valence-electron chi connectivity index (χ1n) is 6.59. The topological polar surface area (TPSA) is 41.1 Å². The number of hydrogen-bond donors (Lipinski definition) is 2. The lowest BCUT2D eigenvalue weighted by molar-refractivity contribution is -0.115. The molecule has 0 aliphatic heterocycles. The quantitative estimate of drug-likeness (QED) is 0.760. The second-order valence-electron chi connectivity index (χ2n) is 4.68. The van der Waals surface area contributed by atoms with Gasteiger partial charge in [0, 0.05) is 20.7 Å². The van der Waals surface area contributed by atoms with E-state index in [0.717, 1.165) is 20.2 Å². The molecule has 0 heterocycles. The molecule has 0 aliphatic carbocycles. The Morgan fingerprint density at radius 2 is 1.90 bits per heavy atom. The molecule has 110 valence electrons. The van der Waals surface area contributed by atoms with Gasteiger partial charge in [0.2, 0.25) is 5.91 Å². The number of carbonyl (C=O) groups excluding carboxylic acids is 1. The van der Waals surface area contributed by atoms with Crippen LogP contribution in [0.15, 0.2) is 57.5 Å². The fraction of sp³-hybridized carbons (Fsp3) is 0.188. The Labute approximate surface area is 141 Å². The van der Waals surface area contributed by atoms with Crippen LogP contribution in [0.4, 0.5) is 5.69 Å². The third-order valence-electron chi connectivity index (χ3n) is 3.05. The van der Waals surface area contributed by atoms with E-state index in [4.69, 9.17) is 0 Å². The number of amides is 1. The smallest absolute Gasteiger partial charge is 0.238 e. The molecule has 0 saturated heterocycles. The molecule has 0 aliphatic rings. The summed E-state index contributed by atoms with van der Waals surface area (Å²) in [7, 11) is 0. The van der Waals surface area contributed by atoms with Crippen LogP contribution < -0.4 is 10.6 Å². The highest BCUT2D eigenvalue weighted by Gasteiger charge is 2.10. The highest BCUT2D eigenvalue weighted by Crippen LogP contribution is 2.22. The first-order chi connectivity index (χ1) is 10.1. The van der Waals surface area contributed by atoms with Crippen molar-refractivity contribution in [3.8, 4) is 0 Å². The summed E-state index contributed by atoms with van der Waals surface area (Å²) < 4.78 is 1.98. The van der Waals surface area contributed by atoms with E-state index in [1.54, 1.807) is 0 Å². The first kappa shape index (κ1) is 16.2. The number of hydrogen-bond acceptors (Lipinski definition) is 2. The second-order valence-corrected chi connectivity index (χ2v) is 6.45. The number of carbonyl (C=O) groups is 1. The number of halogens is 2. The van der Waals surface area contributed by atoms with Gasteiger partial charge in [-0.25, -0.2) is 0 Å². The Kier molecular flexibility index (Phi) is 5.96. The van der Waals surface area contributed by atoms with Crippen molar-refractivity contribution in [2.24, 2.45) is 0 Å². The van der Waals surface area contributed by atoms with Crippen molar-refractivity contribution in [2.75, 3.05) is 11.9 Å². The number of benzene rings is 2. The van der Waals surface area contributed by atoms with Crippen LogP contribution in [-0.4, -0.2) is 12.5 Å². The standard InChI is InChI=1S/C16H16Br2N2O/c1-11(14-7-2-3-8-15(14)18)19-10-16(21)20-13-6-4-5-12(17)9-13/h2-9,11,19H,10H2,1H3,(H,20,21)/t11-/m0/s1. The minimum absolute atomic E-state index is 0.0630. The lowest BCUT2D eigenvalue weighted by Crippen LogP contribution is -2.30. The summed E-state index contributed by atoms with van der Waals surface area (Å²) in [5.74, 6) is -0.0630. The van der Waals surface area contributed by atoms with Crippen LogP contribution in [0.3, 0.4) is 0 Å². The van der Waals surface area contributed by atoms with Crippen molar-refractivity contribution in [1.29, 1.82) is 0 Å². The predicted octanol–water partition coefficient (Wildman–Crippen LogP) is 4.50. The molecule has 0 saturated carbocycles. The third kappa shape index (κ3) is 4.95. The van der Waals surface area contributed by atoms with Crippen molar-refractivity contribution in [1.82, 2.24) is 5.32 Å². The molecule has 0 radical (unpaired) electrons. The first-order valence-corrected chi connectivity index (χ1v) is 8.18. The van der Waals surface area contributed by atoms with Crippen molar-refractivity contribution >= 4 is 43.5 Å². The molecular formula is C16H16Br2N2O. The van der Waals surface area contributed by atoms with Crippen molar-refractivity contribution in [3.05, 3.63) is 63.0 Å². The summed E-state index contributed by atoms with van der Waals surface area (Å²) >= 11 is 6.90. The van der Waals surface area contributed by atoms with Gasteiger partial charge in [0.25, 0.3) is 0 Å². The van der Waals surface area contributed by atoms with Gasteiger partial charge in [-0.3, -0.25) is 4.79 Å². The second kappa shape index (κ2) is 7.73. The molecule has 0 unspecified atom stereocenters. The molecule has 2 aromatic rings. The predicted molar refractivity (Wildman–Crippen MR) is 93.3 cm³/mol. The average Bonchev–Trinajstić information content (AvgIpc) is 2.45. The maximum absolute atomic E-state index is 11.9. The minimum Gasteiger partial charge on any atom is -0.325 e. The van der Waals surface area contributed by atoms with Gasteiger partial charge in [-0.15, -0.1) is 0 Å². The number of nitrogens with one attached hydrogen (secondary N) is 2. The van der Waals surface area contributed by atoms with Crippen LogP contribution in [0.25, 0.3) is 0 Å². The van der Waals surface area contributed by atoms with E-state index < -0.39 is 0 Å². The molecule has 5 heteroatoms. The lowest BCUT2D eigenvalue weighted by Gasteiger charge is -2.15. The van der Waals surface area contributed by atoms with E-state index in [1.165, 1.54) is 0 Å². The van der Waals surface area contributed by atoms with Gasteiger partial charge in [0.15, 0.2) is 0 Å². The van der Waals surface area contributed by atoms with Gasteiger partial charge in [-0.05, 0) is 36.8 Å². The van der Waals surface area contributed by atoms with Crippen LogP contribution in [0.2, 0.25) is 0 Å². The van der Waals surface area contributed by atoms with Crippen LogP contribution >= 0.6 is 31.9 Å². The van der Waals surface area contributed by atoms with E-state index in [-0.39, 0.29) is 18.5 Å². The molecule has 3 nitrogen and oxygen atoms in total. The van der Waals surface area contributed by atoms with Crippen molar-refractivity contribution in [3.63, 3.8) is 0 Å². The molecule has 0 spiro atoms. The molecule has 0 fully saturated rings. The minimum atomic E-state index is -0.0630. The highest BCUT2D eigenvalue weighted by atomic mass is 79.9. The normalized spacial score (nSPS) is 12.0. The Morgan fingerprint density at radius 1 is 1.14 bits per heavy atom. The van der Waals surface area contributed by atoms with Gasteiger partial charge in [0.05, 0.1) is 6.54 Å². The monoisotopic (exact) mass is 410 g/mol. The van der Waals surface area contributed by atoms with Crippen molar-refractivity contribution < 1.29 is 4.79 Å². The molecular weight excluding hydrogens is 396 g/mol. The Balaban J connectivity index is 1.88. The lowest BCUT2D eigenvalue weighted by atomic mass is 10.1. The maximum Gasteiger partial charge on any atom is 0.238 e. The SMILES string of the molecule is C[C@H](NCC(=O)Nc1cccc(Br)c1)c1ccccc1Br. The van der Waals surface area contributed by atoms with Gasteiger partial charge in [0.1, 0.15) is 0 Å². The summed E-state index contributed by atoms with van der Waals surface area (Å²) in [4.78, 5) is 11.9. The zero-order valence-corrected chi connectivity index (χ0v) is 14.7. The zero-order valence-electron chi connectivity index (χ0n) is 11.6. The largest absolute Gasteiger partial charge is 0.325 e.